The summed E-state index contributed by atoms with van der Waals surface area (Å²) in [6, 6.07) is 3.28. The Labute approximate surface area is 240 Å². The van der Waals surface area contributed by atoms with Gasteiger partial charge >= 0.3 is 6.18 Å². The Kier molecular flexibility index (Phi) is 8.92. The molecule has 3 aromatic rings. The minimum atomic E-state index is -4.95. The zero-order valence-electron chi connectivity index (χ0n) is 21.4. The van der Waals surface area contributed by atoms with Crippen LogP contribution >= 0.6 is 22.6 Å². The van der Waals surface area contributed by atoms with E-state index in [1.807, 2.05) is 34.5 Å². The molecule has 1 fully saturated rings. The third-order valence-corrected chi connectivity index (χ3v) is 6.90. The Hall–Kier alpha value is -3.73. The first kappa shape index (κ1) is 29.3. The molecule has 0 radical (unpaired) electrons. The summed E-state index contributed by atoms with van der Waals surface area (Å²) >= 11 is 2.00. The first-order chi connectivity index (χ1) is 19.0. The molecular formula is C25H24F4IN9O. The summed E-state index contributed by atoms with van der Waals surface area (Å²) in [5.74, 6) is -2.11. The van der Waals surface area contributed by atoms with Gasteiger partial charge in [0.25, 0.3) is 5.91 Å². The number of anilines is 2. The van der Waals surface area contributed by atoms with E-state index >= 15 is 0 Å². The fourth-order valence-electron chi connectivity index (χ4n) is 4.03. The number of piperazine rings is 1. The second-order valence-corrected chi connectivity index (χ2v) is 9.57. The van der Waals surface area contributed by atoms with E-state index in [1.54, 1.807) is 22.1 Å². The molecule has 0 unspecified atom stereocenters. The van der Waals surface area contributed by atoms with E-state index in [4.69, 9.17) is 5.41 Å². The maximum Gasteiger partial charge on any atom is 0.419 e. The van der Waals surface area contributed by atoms with Gasteiger partial charge in [0.15, 0.2) is 5.82 Å². The number of hydrogen-bond donors (Lipinski definition) is 2. The van der Waals surface area contributed by atoms with E-state index in [2.05, 4.69) is 25.6 Å². The fourth-order valence-corrected chi connectivity index (χ4v) is 4.51. The molecule has 15 heteroatoms. The Morgan fingerprint density at radius 2 is 1.90 bits per heavy atom. The monoisotopic (exact) mass is 669 g/mol. The number of nitrogens with one attached hydrogen (secondary N) is 2. The van der Waals surface area contributed by atoms with E-state index in [0.717, 1.165) is 6.34 Å². The Morgan fingerprint density at radius 3 is 2.55 bits per heavy atom. The maximum atomic E-state index is 15.0. The van der Waals surface area contributed by atoms with E-state index in [1.165, 1.54) is 29.2 Å². The van der Waals surface area contributed by atoms with Crippen LogP contribution in [0.5, 0.6) is 0 Å². The summed E-state index contributed by atoms with van der Waals surface area (Å²) in [4.78, 5) is 24.7. The van der Waals surface area contributed by atoms with Gasteiger partial charge in [-0.1, -0.05) is 27.8 Å². The van der Waals surface area contributed by atoms with Crippen molar-refractivity contribution < 1.29 is 22.4 Å². The number of benzene rings is 1. The lowest BCUT2D eigenvalue weighted by atomic mass is 10.1. The molecule has 0 saturated carbocycles. The van der Waals surface area contributed by atoms with Crippen LogP contribution in [0.3, 0.4) is 0 Å². The van der Waals surface area contributed by atoms with Gasteiger partial charge in [0.1, 0.15) is 12.0 Å². The summed E-state index contributed by atoms with van der Waals surface area (Å²) in [6.07, 6.45) is 0.243. The van der Waals surface area contributed by atoms with E-state index in [9.17, 15) is 22.4 Å². The topological polar surface area (TPSA) is 115 Å². The Balaban J connectivity index is 1.64. The van der Waals surface area contributed by atoms with Crippen LogP contribution in [0.1, 0.15) is 27.3 Å². The lowest BCUT2D eigenvalue weighted by molar-refractivity contribution is -0.139. The van der Waals surface area contributed by atoms with Crippen molar-refractivity contribution in [1.82, 2.24) is 24.9 Å². The molecule has 3 heterocycles. The van der Waals surface area contributed by atoms with Crippen LogP contribution in [0.2, 0.25) is 0 Å². The van der Waals surface area contributed by atoms with Gasteiger partial charge in [0, 0.05) is 49.9 Å². The van der Waals surface area contributed by atoms with Gasteiger partial charge in [-0.2, -0.15) is 13.2 Å². The van der Waals surface area contributed by atoms with Crippen LogP contribution in [-0.2, 0) is 6.18 Å². The number of aliphatic imine (C=N–C) groups is 1. The van der Waals surface area contributed by atoms with Gasteiger partial charge in [0.2, 0.25) is 0 Å². The highest BCUT2D eigenvalue weighted by atomic mass is 127. The quantitative estimate of drug-likeness (QED) is 0.165. The van der Waals surface area contributed by atoms with Gasteiger partial charge in [-0.25, -0.2) is 14.1 Å². The predicted octanol–water partition coefficient (Wildman–Crippen LogP) is 4.59. The van der Waals surface area contributed by atoms with Crippen molar-refractivity contribution >= 4 is 58.0 Å². The molecule has 1 saturated heterocycles. The molecule has 0 bridgehead atoms. The fraction of sp³-hybridized carbons (Fsp3) is 0.280. The van der Waals surface area contributed by atoms with Crippen molar-refractivity contribution in [3.8, 4) is 5.69 Å². The van der Waals surface area contributed by atoms with Crippen molar-refractivity contribution in [2.45, 2.75) is 13.1 Å². The number of amides is 1. The number of alkyl halides is 3. The second kappa shape index (κ2) is 12.2. The predicted molar refractivity (Wildman–Crippen MR) is 152 cm³/mol. The largest absolute Gasteiger partial charge is 0.419 e. The molecule has 2 aromatic heterocycles. The standard InChI is InChI=1S/C25H24F4IN9O/c1-15-21(39-13-20(35-36-39)17(10-30)11-32-14-31)7-16(12-33-15)24(40)34-18-8-19(25(27,28)29)23(26)22(9-18)38-5-3-37(2)4-6-38/h7-14,31H,3-6H2,1-2H3,(H,34,40)/b17-10+,31-14?,32-11?. The third kappa shape index (κ3) is 6.52. The molecule has 1 aromatic carbocycles. The number of hydrogen-bond acceptors (Lipinski definition) is 7. The number of halogens is 5. The third-order valence-electron chi connectivity index (χ3n) is 6.22. The van der Waals surface area contributed by atoms with Crippen molar-refractivity contribution in [2.75, 3.05) is 43.4 Å². The number of pyridine rings is 1. The van der Waals surface area contributed by atoms with Crippen molar-refractivity contribution in [3.63, 3.8) is 0 Å². The number of likely N-dealkylation sites (N-methyl/N-ethyl adjacent to an activating group) is 1. The smallest absolute Gasteiger partial charge is 0.367 e. The van der Waals surface area contributed by atoms with Crippen LogP contribution in [0.15, 0.2) is 39.7 Å². The maximum absolute atomic E-state index is 15.0. The number of aromatic nitrogens is 4. The molecule has 1 aliphatic rings. The molecule has 4 rings (SSSR count). The molecule has 2 N–H and O–H groups in total. The minimum absolute atomic E-state index is 0.0479. The van der Waals surface area contributed by atoms with Gasteiger partial charge in [-0.15, -0.1) is 5.10 Å². The number of nitrogens with zero attached hydrogens (tertiary/aromatic N) is 7. The number of carbonyl (C=O) groups is 1. The second-order valence-electron chi connectivity index (χ2n) is 8.95. The van der Waals surface area contributed by atoms with Gasteiger partial charge in [-0.3, -0.25) is 15.2 Å². The van der Waals surface area contributed by atoms with Crippen LogP contribution in [-0.4, -0.2) is 76.6 Å². The van der Waals surface area contributed by atoms with E-state index < -0.39 is 23.5 Å². The summed E-state index contributed by atoms with van der Waals surface area (Å²) in [7, 11) is 1.88. The van der Waals surface area contributed by atoms with Crippen LogP contribution in [0, 0.1) is 18.2 Å². The number of carbonyl (C=O) groups excluding carboxylic acids is 1. The summed E-state index contributed by atoms with van der Waals surface area (Å²) in [5.41, 5.74) is 0.159. The highest BCUT2D eigenvalue weighted by Gasteiger charge is 2.37. The molecule has 1 aliphatic heterocycles. The summed E-state index contributed by atoms with van der Waals surface area (Å²) < 4.78 is 59.2. The zero-order valence-corrected chi connectivity index (χ0v) is 23.5. The van der Waals surface area contributed by atoms with Crippen LogP contribution in [0.4, 0.5) is 28.9 Å². The minimum Gasteiger partial charge on any atom is -0.367 e. The molecule has 1 amide bonds. The summed E-state index contributed by atoms with van der Waals surface area (Å²) in [6.45, 7) is 3.50. The molecule has 210 valence electrons. The molecular weight excluding hydrogens is 645 g/mol. The highest BCUT2D eigenvalue weighted by molar-refractivity contribution is 14.1. The van der Waals surface area contributed by atoms with Gasteiger partial charge < -0.3 is 15.1 Å². The molecule has 0 spiro atoms. The van der Waals surface area contributed by atoms with Crippen molar-refractivity contribution in [2.24, 2.45) is 4.99 Å². The normalized spacial score (nSPS) is 15.1. The highest BCUT2D eigenvalue weighted by Crippen LogP contribution is 2.38. The van der Waals surface area contributed by atoms with Crippen molar-refractivity contribution in [1.29, 1.82) is 5.41 Å². The summed E-state index contributed by atoms with van der Waals surface area (Å²) in [5, 5.41) is 17.7. The average molecular weight is 669 g/mol. The van der Waals surface area contributed by atoms with Crippen LogP contribution in [0.25, 0.3) is 11.3 Å². The average Bonchev–Trinajstić information content (AvgIpc) is 3.40. The molecule has 0 atom stereocenters. The zero-order chi connectivity index (χ0) is 29.0. The van der Waals surface area contributed by atoms with E-state index in [0.29, 0.717) is 54.9 Å². The molecule has 10 nitrogen and oxygen atoms in total. The van der Waals surface area contributed by atoms with Gasteiger partial charge in [-0.05, 0) is 36.3 Å². The Morgan fingerprint density at radius 1 is 1.18 bits per heavy atom. The van der Waals surface area contributed by atoms with Crippen LogP contribution < -0.4 is 10.2 Å². The SMILES string of the molecule is Cc1ncc(C(=O)Nc2cc(N3CCN(C)CC3)c(F)c(C(F)(F)F)c2)cc1-n1cc(/C(C=NC=N)=C/I)nn1. The number of aryl methyl sites for hydroxylation is 1. The first-order valence-corrected chi connectivity index (χ1v) is 13.1. The lowest BCUT2D eigenvalue weighted by Crippen LogP contribution is -2.45. The Bertz CT molecular complexity index is 1480. The number of allylic oxidation sites excluding steroid dienone is 1. The van der Waals surface area contributed by atoms with E-state index in [-0.39, 0.29) is 16.9 Å². The number of rotatable bonds is 7. The van der Waals surface area contributed by atoms with Crippen molar-refractivity contribution in [3.05, 3.63) is 63.0 Å². The molecule has 40 heavy (non-hydrogen) atoms. The lowest BCUT2D eigenvalue weighted by Gasteiger charge is -2.34. The van der Waals surface area contributed by atoms with Gasteiger partial charge in [0.05, 0.1) is 34.4 Å². The molecule has 0 aliphatic carbocycles. The first-order valence-electron chi connectivity index (χ1n) is 11.9.